The monoisotopic (exact) mass is 393 g/mol. The summed E-state index contributed by atoms with van der Waals surface area (Å²) in [6.07, 6.45) is 12.6. The van der Waals surface area contributed by atoms with Gasteiger partial charge in [-0.15, -0.1) is 24.8 Å². The highest BCUT2D eigenvalue weighted by atomic mass is 35.5. The summed E-state index contributed by atoms with van der Waals surface area (Å²) in [4.78, 5) is 15.0. The molecule has 3 fully saturated rings. The molecule has 0 radical (unpaired) electrons. The third-order valence-corrected chi connectivity index (χ3v) is 6.75. The van der Waals surface area contributed by atoms with E-state index in [0.29, 0.717) is 17.9 Å². The summed E-state index contributed by atoms with van der Waals surface area (Å²) in [6.45, 7) is 1.78. The van der Waals surface area contributed by atoms with Crippen molar-refractivity contribution in [3.8, 4) is 0 Å². The zero-order chi connectivity index (χ0) is 16.2. The quantitative estimate of drug-likeness (QED) is 0.752. The van der Waals surface area contributed by atoms with E-state index in [1.807, 2.05) is 0 Å². The first kappa shape index (κ1) is 23.0. The van der Waals surface area contributed by atoms with Gasteiger partial charge in [0.25, 0.3) is 0 Å². The maximum Gasteiger partial charge on any atom is 0.223 e. The molecule has 6 heteroatoms. The second kappa shape index (κ2) is 11.0. The number of nitrogens with two attached hydrogens (primary N) is 1. The van der Waals surface area contributed by atoms with E-state index in [1.54, 1.807) is 0 Å². The number of likely N-dealkylation sites (N-methyl/N-ethyl adjacent to an activating group) is 1. The van der Waals surface area contributed by atoms with Crippen molar-refractivity contribution in [1.82, 2.24) is 10.2 Å². The van der Waals surface area contributed by atoms with Crippen LogP contribution in [0.15, 0.2) is 0 Å². The minimum Gasteiger partial charge on any atom is -0.355 e. The minimum absolute atomic E-state index is 0. The van der Waals surface area contributed by atoms with Gasteiger partial charge < -0.3 is 16.0 Å². The topological polar surface area (TPSA) is 58.4 Å². The standard InChI is InChI=1S/C19H35N3O.2ClH/c1-22(17-8-3-2-4-9-17)11-10-21-19(23)16-12-14-6-5-7-15(13-16)18(14)20;;/h14-18H,2-13,20H2,1H3,(H,21,23);2*1H. The lowest BCUT2D eigenvalue weighted by Crippen LogP contribution is -2.49. The predicted molar refractivity (Wildman–Crippen MR) is 109 cm³/mol. The third kappa shape index (κ3) is 5.98. The molecule has 4 nitrogen and oxygen atoms in total. The molecule has 0 aromatic heterocycles. The molecule has 1 amide bonds. The summed E-state index contributed by atoms with van der Waals surface area (Å²) < 4.78 is 0. The van der Waals surface area contributed by atoms with Crippen molar-refractivity contribution in [3.05, 3.63) is 0 Å². The molecule has 2 unspecified atom stereocenters. The van der Waals surface area contributed by atoms with Crippen molar-refractivity contribution in [2.75, 3.05) is 20.1 Å². The number of amides is 1. The van der Waals surface area contributed by atoms with Crippen LogP contribution in [0.1, 0.15) is 64.2 Å². The molecule has 0 aromatic carbocycles. The van der Waals surface area contributed by atoms with Gasteiger partial charge in [0, 0.05) is 31.1 Å². The first-order chi connectivity index (χ1) is 11.1. The zero-order valence-corrected chi connectivity index (χ0v) is 17.3. The molecule has 3 aliphatic carbocycles. The van der Waals surface area contributed by atoms with Crippen LogP contribution < -0.4 is 11.1 Å². The lowest BCUT2D eigenvalue weighted by Gasteiger charge is -2.43. The van der Waals surface area contributed by atoms with Gasteiger partial charge in [0.15, 0.2) is 0 Å². The Morgan fingerprint density at radius 2 is 1.60 bits per heavy atom. The number of carbonyl (C=O) groups excluding carboxylic acids is 1. The summed E-state index contributed by atoms with van der Waals surface area (Å²) in [5, 5.41) is 3.21. The highest BCUT2D eigenvalue weighted by Gasteiger charge is 2.40. The Kier molecular flexibility index (Phi) is 10.1. The van der Waals surface area contributed by atoms with Crippen LogP contribution in [0.3, 0.4) is 0 Å². The number of halogens is 2. The van der Waals surface area contributed by atoms with E-state index in [2.05, 4.69) is 17.3 Å². The highest BCUT2D eigenvalue weighted by Crippen LogP contribution is 2.41. The summed E-state index contributed by atoms with van der Waals surface area (Å²) in [5.41, 5.74) is 6.33. The summed E-state index contributed by atoms with van der Waals surface area (Å²) >= 11 is 0. The van der Waals surface area contributed by atoms with Crippen molar-refractivity contribution >= 4 is 30.7 Å². The van der Waals surface area contributed by atoms with Gasteiger partial charge in [0.2, 0.25) is 5.91 Å². The number of hydrogen-bond acceptors (Lipinski definition) is 3. The number of rotatable bonds is 5. The van der Waals surface area contributed by atoms with Crippen LogP contribution in [0.5, 0.6) is 0 Å². The Hall–Kier alpha value is -0.0300. The van der Waals surface area contributed by atoms with Gasteiger partial charge in [0.05, 0.1) is 0 Å². The Balaban J connectivity index is 0.00000156. The fourth-order valence-corrected chi connectivity index (χ4v) is 5.21. The molecule has 0 spiro atoms. The van der Waals surface area contributed by atoms with Crippen LogP contribution in [0.2, 0.25) is 0 Å². The molecule has 3 aliphatic rings. The van der Waals surface area contributed by atoms with Crippen LogP contribution >= 0.6 is 24.8 Å². The Morgan fingerprint density at radius 1 is 1.00 bits per heavy atom. The van der Waals surface area contributed by atoms with E-state index < -0.39 is 0 Å². The Labute approximate surface area is 165 Å². The second-order valence-corrected chi connectivity index (χ2v) is 8.26. The van der Waals surface area contributed by atoms with Gasteiger partial charge in [-0.2, -0.15) is 0 Å². The van der Waals surface area contributed by atoms with Gasteiger partial charge >= 0.3 is 0 Å². The smallest absolute Gasteiger partial charge is 0.223 e. The maximum atomic E-state index is 12.5. The van der Waals surface area contributed by atoms with Crippen LogP contribution in [0.4, 0.5) is 0 Å². The lowest BCUT2D eigenvalue weighted by molar-refractivity contribution is -0.127. The van der Waals surface area contributed by atoms with Crippen LogP contribution in [-0.4, -0.2) is 43.0 Å². The predicted octanol–water partition coefficient (Wildman–Crippen LogP) is 3.36. The summed E-state index contributed by atoms with van der Waals surface area (Å²) in [5.74, 6) is 1.67. The van der Waals surface area contributed by atoms with Crippen molar-refractivity contribution in [1.29, 1.82) is 0 Å². The van der Waals surface area contributed by atoms with Crippen molar-refractivity contribution in [2.24, 2.45) is 23.5 Å². The SMILES string of the molecule is CN(CCNC(=O)C1CC2CCCC(C1)C2N)C1CCCCC1.Cl.Cl. The van der Waals surface area contributed by atoms with Crippen molar-refractivity contribution in [3.63, 3.8) is 0 Å². The largest absolute Gasteiger partial charge is 0.355 e. The van der Waals surface area contributed by atoms with Crippen LogP contribution in [0, 0.1) is 17.8 Å². The number of hydrogen-bond donors (Lipinski definition) is 2. The first-order valence-corrected chi connectivity index (χ1v) is 9.88. The molecule has 3 saturated carbocycles. The molecule has 25 heavy (non-hydrogen) atoms. The number of carbonyl (C=O) groups is 1. The molecule has 0 heterocycles. The molecule has 3 rings (SSSR count). The van der Waals surface area contributed by atoms with E-state index in [-0.39, 0.29) is 36.6 Å². The fraction of sp³-hybridized carbons (Fsp3) is 0.947. The average Bonchev–Trinajstić information content (AvgIpc) is 2.55. The molecular weight excluding hydrogens is 357 g/mol. The van der Waals surface area contributed by atoms with E-state index >= 15 is 0 Å². The number of fused-ring (bicyclic) bond motifs is 2. The van der Waals surface area contributed by atoms with E-state index in [4.69, 9.17) is 5.73 Å². The maximum absolute atomic E-state index is 12.5. The van der Waals surface area contributed by atoms with Crippen molar-refractivity contribution in [2.45, 2.75) is 76.3 Å². The molecule has 3 N–H and O–H groups in total. The van der Waals surface area contributed by atoms with Gasteiger partial charge in [-0.25, -0.2) is 0 Å². The normalized spacial score (nSPS) is 32.4. The van der Waals surface area contributed by atoms with E-state index in [1.165, 1.54) is 51.4 Å². The molecule has 0 saturated heterocycles. The molecule has 0 aromatic rings. The first-order valence-electron chi connectivity index (χ1n) is 9.88. The highest BCUT2D eigenvalue weighted by molar-refractivity contribution is 5.85. The van der Waals surface area contributed by atoms with E-state index in [0.717, 1.165) is 32.0 Å². The summed E-state index contributed by atoms with van der Waals surface area (Å²) in [7, 11) is 2.21. The number of nitrogens with one attached hydrogen (secondary N) is 1. The van der Waals surface area contributed by atoms with Gasteiger partial charge in [-0.3, -0.25) is 4.79 Å². The van der Waals surface area contributed by atoms with Crippen molar-refractivity contribution < 1.29 is 4.79 Å². The Bertz CT molecular complexity index is 390. The molecule has 148 valence electrons. The van der Waals surface area contributed by atoms with Gasteiger partial charge in [-0.05, 0) is 57.4 Å². The van der Waals surface area contributed by atoms with Gasteiger partial charge in [-0.1, -0.05) is 25.7 Å². The van der Waals surface area contributed by atoms with Crippen LogP contribution in [-0.2, 0) is 4.79 Å². The lowest BCUT2D eigenvalue weighted by atomic mass is 9.65. The third-order valence-electron chi connectivity index (χ3n) is 6.75. The number of nitrogens with zero attached hydrogens (tertiary/aromatic N) is 1. The molecular formula is C19H37Cl2N3O. The van der Waals surface area contributed by atoms with Gasteiger partial charge in [0.1, 0.15) is 0 Å². The minimum atomic E-state index is 0. The molecule has 2 bridgehead atoms. The second-order valence-electron chi connectivity index (χ2n) is 8.26. The van der Waals surface area contributed by atoms with E-state index in [9.17, 15) is 4.79 Å². The van der Waals surface area contributed by atoms with Crippen LogP contribution in [0.25, 0.3) is 0 Å². The molecule has 2 atom stereocenters. The fourth-order valence-electron chi connectivity index (χ4n) is 5.21. The Morgan fingerprint density at radius 3 is 2.20 bits per heavy atom. The summed E-state index contributed by atoms with van der Waals surface area (Å²) in [6, 6.07) is 1.08. The zero-order valence-electron chi connectivity index (χ0n) is 15.6. The molecule has 0 aliphatic heterocycles. The average molecular weight is 394 g/mol.